The molecule has 3 N–H and O–H groups in total. The summed E-state index contributed by atoms with van der Waals surface area (Å²) in [5.41, 5.74) is 1.62. The molecule has 8 heteroatoms. The average molecular weight is 343 g/mol. The number of rotatable bonds is 6. The van der Waals surface area contributed by atoms with Crippen molar-refractivity contribution in [2.45, 2.75) is 19.2 Å². The number of halogens is 2. The number of likely N-dealkylation sites (N-methyl/N-ethyl adjacent to an activating group) is 1. The molecule has 0 fully saturated rings. The molecular formula is C15H20ClFN4O2. The Kier molecular flexibility index (Phi) is 7.15. The van der Waals surface area contributed by atoms with Crippen LogP contribution in [0.1, 0.15) is 22.7 Å². The van der Waals surface area contributed by atoms with Crippen LogP contribution in [0.2, 0.25) is 0 Å². The highest BCUT2D eigenvalue weighted by molar-refractivity contribution is 5.85. The van der Waals surface area contributed by atoms with E-state index in [4.69, 9.17) is 5.11 Å². The minimum atomic E-state index is -0.518. The highest BCUT2D eigenvalue weighted by atomic mass is 35.5. The second-order valence-electron chi connectivity index (χ2n) is 4.97. The number of hydrogen-bond donors (Lipinski definition) is 3. The van der Waals surface area contributed by atoms with Crippen LogP contribution in [0.5, 0.6) is 0 Å². The van der Waals surface area contributed by atoms with E-state index in [1.807, 2.05) is 0 Å². The quantitative estimate of drug-likeness (QED) is 0.733. The normalized spacial score (nSPS) is 11.7. The lowest BCUT2D eigenvalue weighted by molar-refractivity contribution is -0.123. The Morgan fingerprint density at radius 3 is 2.74 bits per heavy atom. The second kappa shape index (κ2) is 8.61. The van der Waals surface area contributed by atoms with Gasteiger partial charge in [-0.05, 0) is 18.7 Å². The number of amides is 1. The minimum Gasteiger partial charge on any atom is -0.392 e. The first kappa shape index (κ1) is 19.1. The summed E-state index contributed by atoms with van der Waals surface area (Å²) in [6, 6.07) is 3.97. The van der Waals surface area contributed by atoms with E-state index in [2.05, 4.69) is 15.7 Å². The van der Waals surface area contributed by atoms with Gasteiger partial charge in [0, 0.05) is 30.9 Å². The van der Waals surface area contributed by atoms with Crippen LogP contribution in [0.25, 0.3) is 0 Å². The number of aromatic nitrogens is 2. The Bertz CT molecular complexity index is 663. The van der Waals surface area contributed by atoms with E-state index < -0.39 is 11.9 Å². The molecule has 2 aromatic rings. The number of aryl methyl sites for hydroxylation is 1. The van der Waals surface area contributed by atoms with Gasteiger partial charge in [-0.1, -0.05) is 12.1 Å². The van der Waals surface area contributed by atoms with Gasteiger partial charge in [-0.2, -0.15) is 5.10 Å². The molecule has 1 unspecified atom stereocenters. The summed E-state index contributed by atoms with van der Waals surface area (Å²) in [5.74, 6) is -0.700. The van der Waals surface area contributed by atoms with Crippen LogP contribution in [0.15, 0.2) is 30.6 Å². The van der Waals surface area contributed by atoms with Gasteiger partial charge in [0.2, 0.25) is 5.91 Å². The van der Waals surface area contributed by atoms with Crippen LogP contribution in [0, 0.1) is 5.82 Å². The number of aliphatic hydroxyl groups excluding tert-OH is 1. The molecule has 0 aliphatic rings. The summed E-state index contributed by atoms with van der Waals surface area (Å²) in [6.07, 6.45) is 3.38. The van der Waals surface area contributed by atoms with E-state index in [1.54, 1.807) is 37.2 Å². The lowest BCUT2D eigenvalue weighted by Gasteiger charge is -2.14. The third kappa shape index (κ3) is 4.75. The number of nitrogens with zero attached hydrogens (tertiary/aromatic N) is 2. The van der Waals surface area contributed by atoms with Gasteiger partial charge in [-0.15, -0.1) is 12.4 Å². The van der Waals surface area contributed by atoms with Crippen LogP contribution >= 0.6 is 12.4 Å². The van der Waals surface area contributed by atoms with E-state index in [9.17, 15) is 9.18 Å². The lowest BCUT2D eigenvalue weighted by atomic mass is 10.1. The Morgan fingerprint density at radius 2 is 2.22 bits per heavy atom. The Balaban J connectivity index is 0.00000264. The zero-order valence-electron chi connectivity index (χ0n) is 12.9. The van der Waals surface area contributed by atoms with Crippen molar-refractivity contribution in [2.24, 2.45) is 7.05 Å². The van der Waals surface area contributed by atoms with Gasteiger partial charge in [-0.3, -0.25) is 9.48 Å². The summed E-state index contributed by atoms with van der Waals surface area (Å²) in [4.78, 5) is 12.2. The van der Waals surface area contributed by atoms with Gasteiger partial charge in [0.25, 0.3) is 0 Å². The number of aliphatic hydroxyl groups is 1. The van der Waals surface area contributed by atoms with Gasteiger partial charge in [0.05, 0.1) is 12.8 Å². The van der Waals surface area contributed by atoms with Crippen LogP contribution in [0.4, 0.5) is 4.39 Å². The first-order chi connectivity index (χ1) is 10.5. The van der Waals surface area contributed by atoms with E-state index in [1.165, 1.54) is 12.1 Å². The number of nitrogens with one attached hydrogen (secondary N) is 2. The summed E-state index contributed by atoms with van der Waals surface area (Å²) < 4.78 is 15.2. The molecule has 0 spiro atoms. The smallest absolute Gasteiger partial charge is 0.242 e. The second-order valence-corrected chi connectivity index (χ2v) is 4.97. The number of benzene rings is 1. The third-order valence-electron chi connectivity index (χ3n) is 3.36. The fraction of sp³-hybridized carbons (Fsp3) is 0.333. The molecule has 1 amide bonds. The Morgan fingerprint density at radius 1 is 1.48 bits per heavy atom. The maximum Gasteiger partial charge on any atom is 0.242 e. The van der Waals surface area contributed by atoms with Crippen LogP contribution in [0.3, 0.4) is 0 Å². The first-order valence-corrected chi connectivity index (χ1v) is 6.87. The van der Waals surface area contributed by atoms with Gasteiger partial charge in [-0.25, -0.2) is 4.39 Å². The van der Waals surface area contributed by atoms with E-state index >= 15 is 0 Å². The summed E-state index contributed by atoms with van der Waals surface area (Å²) in [6.45, 7) is -0.138. The molecule has 0 saturated carbocycles. The zero-order chi connectivity index (χ0) is 16.1. The van der Waals surface area contributed by atoms with Gasteiger partial charge < -0.3 is 15.7 Å². The van der Waals surface area contributed by atoms with E-state index in [0.29, 0.717) is 5.56 Å². The maximum atomic E-state index is 13.6. The van der Waals surface area contributed by atoms with Crippen molar-refractivity contribution in [3.05, 3.63) is 53.1 Å². The molecular weight excluding hydrogens is 323 g/mol. The minimum absolute atomic E-state index is 0. The maximum absolute atomic E-state index is 13.6. The molecule has 0 saturated heterocycles. The number of carbonyl (C=O) groups excluding carboxylic acids is 1. The molecule has 0 aliphatic heterocycles. The fourth-order valence-electron chi connectivity index (χ4n) is 2.16. The van der Waals surface area contributed by atoms with Crippen molar-refractivity contribution in [2.75, 3.05) is 7.05 Å². The molecule has 0 radical (unpaired) electrons. The predicted molar refractivity (Wildman–Crippen MR) is 86.4 cm³/mol. The van der Waals surface area contributed by atoms with Crippen LogP contribution in [-0.4, -0.2) is 27.8 Å². The Hall–Kier alpha value is -1.96. The monoisotopic (exact) mass is 342 g/mol. The van der Waals surface area contributed by atoms with Crippen molar-refractivity contribution in [3.8, 4) is 0 Å². The predicted octanol–water partition coefficient (Wildman–Crippen LogP) is 1.05. The molecule has 23 heavy (non-hydrogen) atoms. The largest absolute Gasteiger partial charge is 0.392 e. The summed E-state index contributed by atoms with van der Waals surface area (Å²) >= 11 is 0. The molecule has 1 aromatic heterocycles. The fourth-order valence-corrected chi connectivity index (χ4v) is 2.16. The van der Waals surface area contributed by atoms with Gasteiger partial charge >= 0.3 is 0 Å². The Labute approximate surface area is 140 Å². The molecule has 1 heterocycles. The average Bonchev–Trinajstić information content (AvgIpc) is 2.92. The van der Waals surface area contributed by atoms with Crippen molar-refractivity contribution in [1.29, 1.82) is 0 Å². The molecule has 0 aliphatic carbocycles. The first-order valence-electron chi connectivity index (χ1n) is 6.87. The standard InChI is InChI=1S/C15H19FN4O2.ClH/c1-17-14(12-7-19-20(2)8-12)15(22)18-6-10-3-4-11(9-21)13(16)5-10;/h3-5,7-8,14,17,21H,6,9H2,1-2H3,(H,18,22);1H. The van der Waals surface area contributed by atoms with E-state index in [0.717, 1.165) is 5.56 Å². The van der Waals surface area contributed by atoms with Crippen molar-refractivity contribution >= 4 is 18.3 Å². The highest BCUT2D eigenvalue weighted by Gasteiger charge is 2.19. The number of carbonyl (C=O) groups is 1. The summed E-state index contributed by atoms with van der Waals surface area (Å²) in [7, 11) is 3.46. The topological polar surface area (TPSA) is 79.2 Å². The van der Waals surface area contributed by atoms with Crippen molar-refractivity contribution in [1.82, 2.24) is 20.4 Å². The van der Waals surface area contributed by atoms with Gasteiger partial charge in [0.1, 0.15) is 11.9 Å². The third-order valence-corrected chi connectivity index (χ3v) is 3.36. The van der Waals surface area contributed by atoms with Crippen molar-refractivity contribution in [3.63, 3.8) is 0 Å². The molecule has 2 rings (SSSR count). The SMILES string of the molecule is CNC(C(=O)NCc1ccc(CO)c(F)c1)c1cnn(C)c1.Cl. The molecule has 1 aromatic carbocycles. The van der Waals surface area contributed by atoms with E-state index in [-0.39, 0.29) is 37.0 Å². The molecule has 1 atom stereocenters. The molecule has 0 bridgehead atoms. The van der Waals surface area contributed by atoms with Gasteiger partial charge in [0.15, 0.2) is 0 Å². The summed E-state index contributed by atoms with van der Waals surface area (Å²) in [5, 5.41) is 18.7. The zero-order valence-corrected chi connectivity index (χ0v) is 13.7. The highest BCUT2D eigenvalue weighted by Crippen LogP contribution is 2.13. The van der Waals surface area contributed by atoms with Crippen molar-refractivity contribution < 1.29 is 14.3 Å². The lowest BCUT2D eigenvalue weighted by Crippen LogP contribution is -2.35. The molecule has 6 nitrogen and oxygen atoms in total. The molecule has 126 valence electrons. The van der Waals surface area contributed by atoms with Crippen LogP contribution < -0.4 is 10.6 Å². The van der Waals surface area contributed by atoms with Crippen LogP contribution in [-0.2, 0) is 25.0 Å². The number of hydrogen-bond acceptors (Lipinski definition) is 4.